The van der Waals surface area contributed by atoms with Crippen LogP contribution >= 0.6 is 0 Å². The molecule has 2 rings (SSSR count). The minimum atomic E-state index is -1.00. The van der Waals surface area contributed by atoms with Crippen molar-refractivity contribution in [1.29, 1.82) is 0 Å². The second-order valence-electron chi connectivity index (χ2n) is 3.92. The lowest BCUT2D eigenvalue weighted by Gasteiger charge is -2.02. The second-order valence-corrected chi connectivity index (χ2v) is 3.92. The van der Waals surface area contributed by atoms with Gasteiger partial charge in [-0.3, -0.25) is 0 Å². The number of carboxylic acid groups (broad SMARTS) is 1. The van der Waals surface area contributed by atoms with E-state index in [0.29, 0.717) is 5.82 Å². The van der Waals surface area contributed by atoms with Gasteiger partial charge in [0.2, 0.25) is 0 Å². The number of nitrogens with zero attached hydrogens (tertiary/aromatic N) is 2. The molecule has 0 fully saturated rings. The molecule has 0 saturated carbocycles. The van der Waals surface area contributed by atoms with E-state index in [4.69, 9.17) is 5.11 Å². The number of rotatable bonds is 3. The number of hydrogen-bond donors (Lipinski definition) is 1. The van der Waals surface area contributed by atoms with Gasteiger partial charge in [-0.05, 0) is 12.0 Å². The molecule has 4 heteroatoms. The van der Waals surface area contributed by atoms with Gasteiger partial charge in [-0.25, -0.2) is 9.78 Å². The first-order valence-electron chi connectivity index (χ1n) is 5.47. The van der Waals surface area contributed by atoms with Crippen LogP contribution in [0, 0.1) is 0 Å². The van der Waals surface area contributed by atoms with Gasteiger partial charge in [-0.2, -0.15) is 0 Å². The molecular weight excluding hydrogens is 216 g/mol. The summed E-state index contributed by atoms with van der Waals surface area (Å²) >= 11 is 0. The number of carbonyl (C=O) groups is 1. The van der Waals surface area contributed by atoms with E-state index in [1.807, 2.05) is 24.3 Å². The third kappa shape index (κ3) is 2.20. The quantitative estimate of drug-likeness (QED) is 0.880. The highest BCUT2D eigenvalue weighted by molar-refractivity contribution is 5.86. The van der Waals surface area contributed by atoms with Crippen LogP contribution in [0.4, 0.5) is 0 Å². The van der Waals surface area contributed by atoms with Crippen LogP contribution in [0.3, 0.4) is 0 Å². The molecule has 0 spiro atoms. The Kier molecular flexibility index (Phi) is 2.95. The molecule has 4 nitrogen and oxygen atoms in total. The predicted octanol–water partition coefficient (Wildman–Crippen LogP) is 2.35. The summed E-state index contributed by atoms with van der Waals surface area (Å²) in [5, 5.41) is 8.88. The average Bonchev–Trinajstić information content (AvgIpc) is 2.72. The normalized spacial score (nSPS) is 10.5. The summed E-state index contributed by atoms with van der Waals surface area (Å²) in [6.45, 7) is 2.10. The maximum Gasteiger partial charge on any atom is 0.356 e. The van der Waals surface area contributed by atoms with Gasteiger partial charge in [0.05, 0.1) is 0 Å². The number of hydrogen-bond acceptors (Lipinski definition) is 2. The molecule has 1 N–H and O–H groups in total. The average molecular weight is 230 g/mol. The zero-order valence-electron chi connectivity index (χ0n) is 9.84. The molecule has 1 heterocycles. The summed E-state index contributed by atoms with van der Waals surface area (Å²) in [4.78, 5) is 14.9. The highest BCUT2D eigenvalue weighted by Crippen LogP contribution is 2.19. The number of carboxylic acids is 1. The molecule has 0 radical (unpaired) electrons. The van der Waals surface area contributed by atoms with Gasteiger partial charge in [0, 0.05) is 18.8 Å². The van der Waals surface area contributed by atoms with Gasteiger partial charge in [0.15, 0.2) is 5.69 Å². The molecule has 0 saturated heterocycles. The standard InChI is InChI=1S/C13H14N2O2/c1-3-9-4-6-10(7-5-9)12-14-11(13(16)17)8-15(12)2/h4-8H,3H2,1-2H3,(H,16,17). The van der Waals surface area contributed by atoms with Gasteiger partial charge >= 0.3 is 5.97 Å². The summed E-state index contributed by atoms with van der Waals surface area (Å²) in [5.41, 5.74) is 2.25. The largest absolute Gasteiger partial charge is 0.476 e. The third-order valence-electron chi connectivity index (χ3n) is 2.72. The van der Waals surface area contributed by atoms with Crippen molar-refractivity contribution >= 4 is 5.97 Å². The fourth-order valence-corrected chi connectivity index (χ4v) is 1.73. The number of aromatic carboxylic acids is 1. The van der Waals surface area contributed by atoms with Crippen LogP contribution in [0.25, 0.3) is 11.4 Å². The summed E-state index contributed by atoms with van der Waals surface area (Å²) in [6, 6.07) is 7.99. The van der Waals surface area contributed by atoms with Crippen molar-refractivity contribution < 1.29 is 9.90 Å². The van der Waals surface area contributed by atoms with Crippen LogP contribution in [-0.2, 0) is 13.5 Å². The molecule has 0 aliphatic carbocycles. The minimum absolute atomic E-state index is 0.0714. The molecule has 0 aliphatic rings. The topological polar surface area (TPSA) is 55.1 Å². The molecule has 0 bridgehead atoms. The smallest absolute Gasteiger partial charge is 0.356 e. The van der Waals surface area contributed by atoms with E-state index in [1.54, 1.807) is 11.6 Å². The van der Waals surface area contributed by atoms with E-state index >= 15 is 0 Å². The summed E-state index contributed by atoms with van der Waals surface area (Å²) in [5.74, 6) is -0.331. The molecule has 17 heavy (non-hydrogen) atoms. The Morgan fingerprint density at radius 1 is 1.35 bits per heavy atom. The Bertz CT molecular complexity index is 541. The van der Waals surface area contributed by atoms with E-state index in [1.165, 1.54) is 11.8 Å². The van der Waals surface area contributed by atoms with Gasteiger partial charge in [0.25, 0.3) is 0 Å². The molecule has 2 aromatic rings. The number of aryl methyl sites for hydroxylation is 2. The maximum atomic E-state index is 10.8. The Labute approximate surface area is 99.5 Å². The summed E-state index contributed by atoms with van der Waals surface area (Å²) < 4.78 is 1.73. The molecule has 0 unspecified atom stereocenters. The van der Waals surface area contributed by atoms with Crippen molar-refractivity contribution in [3.63, 3.8) is 0 Å². The molecular formula is C13H14N2O2. The van der Waals surface area contributed by atoms with Gasteiger partial charge in [-0.15, -0.1) is 0 Å². The Morgan fingerprint density at radius 3 is 2.47 bits per heavy atom. The zero-order chi connectivity index (χ0) is 12.4. The SMILES string of the molecule is CCc1ccc(-c2nc(C(=O)O)cn2C)cc1. The Balaban J connectivity index is 2.41. The van der Waals surface area contributed by atoms with Crippen LogP contribution in [0.2, 0.25) is 0 Å². The number of aromatic nitrogens is 2. The van der Waals surface area contributed by atoms with E-state index in [9.17, 15) is 4.79 Å². The number of imidazole rings is 1. The number of benzene rings is 1. The van der Waals surface area contributed by atoms with E-state index < -0.39 is 5.97 Å². The second kappa shape index (κ2) is 4.41. The van der Waals surface area contributed by atoms with Gasteiger partial charge in [-0.1, -0.05) is 31.2 Å². The van der Waals surface area contributed by atoms with Crippen molar-refractivity contribution in [1.82, 2.24) is 9.55 Å². The predicted molar refractivity (Wildman–Crippen MR) is 65.0 cm³/mol. The molecule has 0 aliphatic heterocycles. The fourth-order valence-electron chi connectivity index (χ4n) is 1.73. The highest BCUT2D eigenvalue weighted by atomic mass is 16.4. The lowest BCUT2D eigenvalue weighted by molar-refractivity contribution is 0.0691. The van der Waals surface area contributed by atoms with Crippen LogP contribution in [-0.4, -0.2) is 20.6 Å². The van der Waals surface area contributed by atoms with Crippen LogP contribution in [0.1, 0.15) is 23.0 Å². The van der Waals surface area contributed by atoms with Crippen molar-refractivity contribution in [2.24, 2.45) is 7.05 Å². The zero-order valence-corrected chi connectivity index (χ0v) is 9.84. The maximum absolute atomic E-state index is 10.8. The van der Waals surface area contributed by atoms with Crippen molar-refractivity contribution in [2.75, 3.05) is 0 Å². The van der Waals surface area contributed by atoms with E-state index in [-0.39, 0.29) is 5.69 Å². The van der Waals surface area contributed by atoms with E-state index in [2.05, 4.69) is 11.9 Å². The highest BCUT2D eigenvalue weighted by Gasteiger charge is 2.12. The van der Waals surface area contributed by atoms with Gasteiger partial charge in [0.1, 0.15) is 5.82 Å². The van der Waals surface area contributed by atoms with Gasteiger partial charge < -0.3 is 9.67 Å². The van der Waals surface area contributed by atoms with Crippen LogP contribution in [0.5, 0.6) is 0 Å². The van der Waals surface area contributed by atoms with Crippen molar-refractivity contribution in [3.05, 3.63) is 41.7 Å². The first-order chi connectivity index (χ1) is 8.11. The summed E-state index contributed by atoms with van der Waals surface area (Å²) in [6.07, 6.45) is 2.51. The van der Waals surface area contributed by atoms with Crippen molar-refractivity contribution in [2.45, 2.75) is 13.3 Å². The Hall–Kier alpha value is -2.10. The summed E-state index contributed by atoms with van der Waals surface area (Å²) in [7, 11) is 1.79. The third-order valence-corrected chi connectivity index (χ3v) is 2.72. The first-order valence-corrected chi connectivity index (χ1v) is 5.47. The molecule has 88 valence electrons. The fraction of sp³-hybridized carbons (Fsp3) is 0.231. The lowest BCUT2D eigenvalue weighted by atomic mass is 10.1. The van der Waals surface area contributed by atoms with Crippen LogP contribution < -0.4 is 0 Å². The molecule has 1 aromatic heterocycles. The molecule has 0 atom stereocenters. The monoisotopic (exact) mass is 230 g/mol. The lowest BCUT2D eigenvalue weighted by Crippen LogP contribution is -1.95. The van der Waals surface area contributed by atoms with E-state index in [0.717, 1.165) is 12.0 Å². The Morgan fingerprint density at radius 2 is 2.00 bits per heavy atom. The minimum Gasteiger partial charge on any atom is -0.476 e. The molecule has 0 amide bonds. The van der Waals surface area contributed by atoms with Crippen molar-refractivity contribution in [3.8, 4) is 11.4 Å². The molecule has 1 aromatic carbocycles. The van der Waals surface area contributed by atoms with Crippen LogP contribution in [0.15, 0.2) is 30.5 Å². The first kappa shape index (κ1) is 11.4.